The molecule has 2 aromatic rings. The molecule has 8 rings (SSSR count). The van der Waals surface area contributed by atoms with Gasteiger partial charge in [0, 0.05) is 23.5 Å². The number of benzene rings is 2. The molecule has 0 radical (unpaired) electrons. The summed E-state index contributed by atoms with van der Waals surface area (Å²) in [5, 5.41) is 11.4. The average Bonchev–Trinajstić information content (AvgIpc) is 2.84. The molecule has 1 atom stereocenters. The van der Waals surface area contributed by atoms with Crippen molar-refractivity contribution in [3.63, 3.8) is 0 Å². The number of halogens is 1. The fourth-order valence-corrected chi connectivity index (χ4v) is 9.81. The van der Waals surface area contributed by atoms with Crippen LogP contribution in [0, 0.1) is 34.9 Å². The lowest BCUT2D eigenvalue weighted by molar-refractivity contribution is -0.127. The summed E-state index contributed by atoms with van der Waals surface area (Å²) >= 11 is 1.76. The van der Waals surface area contributed by atoms with Crippen molar-refractivity contribution >= 4 is 17.6 Å². The largest absolute Gasteiger partial charge is 0.391 e. The summed E-state index contributed by atoms with van der Waals surface area (Å²) in [4.78, 5) is 3.79. The molecule has 1 N–H and O–H groups in total. The zero-order chi connectivity index (χ0) is 23.6. The molecule has 186 valence electrons. The summed E-state index contributed by atoms with van der Waals surface area (Å²) in [6, 6.07) is 13.7. The molecule has 5 fully saturated rings. The molecule has 4 saturated carbocycles. The zero-order valence-electron chi connectivity index (χ0n) is 20.5. The SMILES string of the molecule is OC(CN1CCC(CN2Sc3ccccc3-c3ccc(F)cc32)CC1)C12CC3CC(CC(C3)C1)C2. The second-order valence-corrected chi connectivity index (χ2v) is 13.4. The first kappa shape index (κ1) is 22.6. The van der Waals surface area contributed by atoms with Gasteiger partial charge >= 0.3 is 0 Å². The van der Waals surface area contributed by atoms with E-state index in [9.17, 15) is 9.50 Å². The number of aliphatic hydroxyl groups excluding tert-OH is 1. The van der Waals surface area contributed by atoms with Gasteiger partial charge in [0.15, 0.2) is 0 Å². The summed E-state index contributed by atoms with van der Waals surface area (Å²) < 4.78 is 16.5. The minimum atomic E-state index is -0.165. The van der Waals surface area contributed by atoms with Crippen molar-refractivity contribution in [3.8, 4) is 11.1 Å². The van der Waals surface area contributed by atoms with E-state index in [-0.39, 0.29) is 17.3 Å². The number of rotatable bonds is 5. The van der Waals surface area contributed by atoms with Crippen molar-refractivity contribution < 1.29 is 9.50 Å². The van der Waals surface area contributed by atoms with E-state index in [1.165, 1.54) is 49.0 Å². The Morgan fingerprint density at radius 2 is 1.63 bits per heavy atom. The van der Waals surface area contributed by atoms with Crippen LogP contribution >= 0.6 is 11.9 Å². The summed E-state index contributed by atoms with van der Waals surface area (Å²) in [5.41, 5.74) is 3.57. The first-order valence-corrected chi connectivity index (χ1v) is 14.6. The van der Waals surface area contributed by atoms with E-state index in [1.807, 2.05) is 6.07 Å². The van der Waals surface area contributed by atoms with Crippen LogP contribution in [0.15, 0.2) is 47.4 Å². The molecule has 3 nitrogen and oxygen atoms in total. The first-order chi connectivity index (χ1) is 17.0. The minimum Gasteiger partial charge on any atom is -0.391 e. The summed E-state index contributed by atoms with van der Waals surface area (Å²) in [7, 11) is 0. The lowest BCUT2D eigenvalue weighted by atomic mass is 9.48. The predicted molar refractivity (Wildman–Crippen MR) is 141 cm³/mol. The van der Waals surface area contributed by atoms with E-state index in [4.69, 9.17) is 0 Å². The molecule has 0 amide bonds. The molecule has 2 aromatic carbocycles. The zero-order valence-corrected chi connectivity index (χ0v) is 21.4. The second-order valence-electron chi connectivity index (χ2n) is 12.3. The smallest absolute Gasteiger partial charge is 0.125 e. The van der Waals surface area contributed by atoms with Crippen molar-refractivity contribution in [2.75, 3.05) is 30.5 Å². The van der Waals surface area contributed by atoms with E-state index in [2.05, 4.69) is 33.5 Å². The van der Waals surface area contributed by atoms with Gasteiger partial charge in [-0.05, 0) is 135 Å². The third-order valence-corrected chi connectivity index (χ3v) is 11.1. The molecule has 4 aliphatic carbocycles. The third-order valence-electron chi connectivity index (χ3n) is 9.97. The highest BCUT2D eigenvalue weighted by Crippen LogP contribution is 2.61. The lowest BCUT2D eigenvalue weighted by Crippen LogP contribution is -2.55. The molecular weight excluding hydrogens is 455 g/mol. The Morgan fingerprint density at radius 3 is 2.34 bits per heavy atom. The average molecular weight is 493 g/mol. The number of piperidine rings is 1. The first-order valence-electron chi connectivity index (χ1n) is 13.8. The number of hydrogen-bond acceptors (Lipinski definition) is 4. The maximum absolute atomic E-state index is 14.2. The van der Waals surface area contributed by atoms with E-state index in [0.717, 1.165) is 68.0 Å². The van der Waals surface area contributed by atoms with Gasteiger partial charge in [-0.2, -0.15) is 0 Å². The standard InChI is InChI=1S/C30H37FN2OS/c31-24-5-6-25-26-3-1-2-4-28(26)35-33(27(25)14-24)18-20-7-9-32(10-8-20)19-29(34)30-15-21-11-22(16-30)13-23(12-21)17-30/h1-6,14,20-23,29,34H,7-13,15-19H2. The van der Waals surface area contributed by atoms with Crippen molar-refractivity contribution in [3.05, 3.63) is 48.3 Å². The Balaban J connectivity index is 0.990. The number of aliphatic hydroxyl groups is 1. The monoisotopic (exact) mass is 492 g/mol. The molecule has 4 bridgehead atoms. The highest BCUT2D eigenvalue weighted by atomic mass is 32.2. The quantitative estimate of drug-likeness (QED) is 0.475. The minimum absolute atomic E-state index is 0.156. The Morgan fingerprint density at radius 1 is 0.943 bits per heavy atom. The topological polar surface area (TPSA) is 26.7 Å². The molecule has 5 heteroatoms. The summed E-state index contributed by atoms with van der Waals surface area (Å²) in [5.74, 6) is 3.10. The van der Waals surface area contributed by atoms with Gasteiger partial charge in [-0.15, -0.1) is 0 Å². The number of β-amino-alcohol motifs (C(OH)–C–C–N with tert-alkyl or cyclic N) is 1. The molecule has 35 heavy (non-hydrogen) atoms. The number of anilines is 1. The fourth-order valence-electron chi connectivity index (χ4n) is 8.62. The number of nitrogens with zero attached hydrogens (tertiary/aromatic N) is 2. The van der Waals surface area contributed by atoms with Crippen LogP contribution in [0.25, 0.3) is 11.1 Å². The van der Waals surface area contributed by atoms with E-state index in [1.54, 1.807) is 24.1 Å². The van der Waals surface area contributed by atoms with Gasteiger partial charge in [-0.25, -0.2) is 4.39 Å². The van der Waals surface area contributed by atoms with Gasteiger partial charge < -0.3 is 14.3 Å². The van der Waals surface area contributed by atoms with Crippen LogP contribution in [0.5, 0.6) is 0 Å². The van der Waals surface area contributed by atoms with Gasteiger partial charge in [-0.3, -0.25) is 0 Å². The van der Waals surface area contributed by atoms with Gasteiger partial charge in [0.1, 0.15) is 5.82 Å². The molecule has 0 spiro atoms. The summed E-state index contributed by atoms with van der Waals surface area (Å²) in [6.07, 6.45) is 10.3. The van der Waals surface area contributed by atoms with Crippen molar-refractivity contribution in [2.24, 2.45) is 29.1 Å². The predicted octanol–water partition coefficient (Wildman–Crippen LogP) is 6.61. The molecule has 2 heterocycles. The number of likely N-dealkylation sites (tertiary alicyclic amines) is 1. The molecule has 0 aromatic heterocycles. The van der Waals surface area contributed by atoms with Crippen LogP contribution in [-0.4, -0.2) is 42.3 Å². The van der Waals surface area contributed by atoms with E-state index < -0.39 is 0 Å². The summed E-state index contributed by atoms with van der Waals surface area (Å²) in [6.45, 7) is 3.94. The molecule has 2 aliphatic heterocycles. The van der Waals surface area contributed by atoms with E-state index in [0.29, 0.717) is 5.92 Å². The van der Waals surface area contributed by atoms with Crippen molar-refractivity contribution in [1.82, 2.24) is 4.90 Å². The maximum Gasteiger partial charge on any atom is 0.125 e. The van der Waals surface area contributed by atoms with Crippen LogP contribution in [0.3, 0.4) is 0 Å². The number of fused-ring (bicyclic) bond motifs is 3. The highest BCUT2D eigenvalue weighted by molar-refractivity contribution is 8.01. The molecule has 1 unspecified atom stereocenters. The Labute approximate surface area is 213 Å². The highest BCUT2D eigenvalue weighted by Gasteiger charge is 2.54. The van der Waals surface area contributed by atoms with Crippen LogP contribution in [0.2, 0.25) is 0 Å². The Kier molecular flexibility index (Phi) is 5.67. The maximum atomic E-state index is 14.2. The molecule has 6 aliphatic rings. The van der Waals surface area contributed by atoms with Gasteiger partial charge in [0.2, 0.25) is 0 Å². The van der Waals surface area contributed by atoms with Gasteiger partial charge in [0.25, 0.3) is 0 Å². The van der Waals surface area contributed by atoms with Crippen LogP contribution in [0.1, 0.15) is 51.4 Å². The Bertz CT molecular complexity index is 1060. The van der Waals surface area contributed by atoms with Crippen molar-refractivity contribution in [2.45, 2.75) is 62.4 Å². The van der Waals surface area contributed by atoms with Crippen molar-refractivity contribution in [1.29, 1.82) is 0 Å². The second kappa shape index (κ2) is 8.78. The van der Waals surface area contributed by atoms with E-state index >= 15 is 0 Å². The fraction of sp³-hybridized carbons (Fsp3) is 0.600. The molecular formula is C30H37FN2OS. The van der Waals surface area contributed by atoms with Gasteiger partial charge in [-0.1, -0.05) is 18.2 Å². The van der Waals surface area contributed by atoms with Crippen LogP contribution < -0.4 is 4.31 Å². The third kappa shape index (κ3) is 4.12. The van der Waals surface area contributed by atoms with Gasteiger partial charge in [0.05, 0.1) is 11.8 Å². The Hall–Kier alpha value is -1.56. The van der Waals surface area contributed by atoms with Crippen LogP contribution in [-0.2, 0) is 0 Å². The number of hydrogen-bond donors (Lipinski definition) is 1. The van der Waals surface area contributed by atoms with Crippen LogP contribution in [0.4, 0.5) is 10.1 Å². The lowest BCUT2D eigenvalue weighted by Gasteiger charge is -2.59. The normalized spacial score (nSPS) is 33.0. The molecule has 1 saturated heterocycles.